The summed E-state index contributed by atoms with van der Waals surface area (Å²) in [6.07, 6.45) is 0.853. The summed E-state index contributed by atoms with van der Waals surface area (Å²) in [4.78, 5) is 25.4. The molecule has 0 unspecified atom stereocenters. The van der Waals surface area contributed by atoms with Crippen molar-refractivity contribution in [3.8, 4) is 0 Å². The lowest BCUT2D eigenvalue weighted by Gasteiger charge is -2.13. The van der Waals surface area contributed by atoms with Crippen molar-refractivity contribution >= 4 is 11.8 Å². The number of fused-ring (bicyclic) bond motifs is 1. The number of ether oxygens (including phenoxy) is 3. The summed E-state index contributed by atoms with van der Waals surface area (Å²) in [5, 5.41) is 0. The number of amides is 2. The van der Waals surface area contributed by atoms with Gasteiger partial charge in [-0.3, -0.25) is 14.5 Å². The molecule has 1 aliphatic rings. The lowest BCUT2D eigenvalue weighted by atomic mass is 10.1. The van der Waals surface area contributed by atoms with Crippen LogP contribution >= 0.6 is 0 Å². The Morgan fingerprint density at radius 2 is 1.45 bits per heavy atom. The van der Waals surface area contributed by atoms with Gasteiger partial charge in [0.1, 0.15) is 0 Å². The Morgan fingerprint density at radius 1 is 0.864 bits per heavy atom. The Labute approximate surface area is 129 Å². The van der Waals surface area contributed by atoms with Gasteiger partial charge in [0.15, 0.2) is 0 Å². The number of benzene rings is 1. The van der Waals surface area contributed by atoms with Crippen molar-refractivity contribution in [2.24, 2.45) is 0 Å². The summed E-state index contributed by atoms with van der Waals surface area (Å²) < 4.78 is 15.7. The highest BCUT2D eigenvalue weighted by molar-refractivity contribution is 6.21. The van der Waals surface area contributed by atoms with E-state index in [-0.39, 0.29) is 18.4 Å². The zero-order chi connectivity index (χ0) is 15.8. The molecule has 0 spiro atoms. The molecule has 1 aliphatic heterocycles. The molecule has 0 radical (unpaired) electrons. The van der Waals surface area contributed by atoms with E-state index in [4.69, 9.17) is 14.2 Å². The number of imide groups is 1. The van der Waals surface area contributed by atoms with Crippen molar-refractivity contribution in [2.45, 2.75) is 6.42 Å². The molecule has 0 aromatic heterocycles. The van der Waals surface area contributed by atoms with Crippen molar-refractivity contribution in [2.75, 3.05) is 46.7 Å². The van der Waals surface area contributed by atoms with Crippen LogP contribution in [0.15, 0.2) is 24.3 Å². The molecule has 6 heteroatoms. The Balaban J connectivity index is 1.63. The van der Waals surface area contributed by atoms with Gasteiger partial charge >= 0.3 is 0 Å². The van der Waals surface area contributed by atoms with Crippen LogP contribution < -0.4 is 0 Å². The zero-order valence-corrected chi connectivity index (χ0v) is 12.7. The standard InChI is InChI=1S/C16H21NO5/c1-20-8-4-9-21-11-12-22-10-7-17-15(18)13-5-2-3-6-14(13)16(17)19/h2-3,5-6H,4,7-12H2,1H3. The molecule has 0 N–H and O–H groups in total. The summed E-state index contributed by atoms with van der Waals surface area (Å²) in [5.41, 5.74) is 0.933. The van der Waals surface area contributed by atoms with Gasteiger partial charge in [-0.05, 0) is 18.6 Å². The van der Waals surface area contributed by atoms with Gasteiger partial charge in [-0.1, -0.05) is 12.1 Å². The largest absolute Gasteiger partial charge is 0.385 e. The highest BCUT2D eigenvalue weighted by atomic mass is 16.5. The fourth-order valence-corrected chi connectivity index (χ4v) is 2.23. The minimum absolute atomic E-state index is 0.250. The van der Waals surface area contributed by atoms with Crippen LogP contribution in [0.3, 0.4) is 0 Å². The molecule has 0 aliphatic carbocycles. The van der Waals surface area contributed by atoms with Crippen molar-refractivity contribution in [1.29, 1.82) is 0 Å². The van der Waals surface area contributed by atoms with Gasteiger partial charge < -0.3 is 14.2 Å². The first-order valence-corrected chi connectivity index (χ1v) is 7.35. The van der Waals surface area contributed by atoms with Gasteiger partial charge in [-0.25, -0.2) is 0 Å². The van der Waals surface area contributed by atoms with E-state index in [0.29, 0.717) is 44.2 Å². The molecule has 0 saturated heterocycles. The van der Waals surface area contributed by atoms with E-state index in [1.54, 1.807) is 31.4 Å². The number of methoxy groups -OCH3 is 1. The summed E-state index contributed by atoms with van der Waals surface area (Å²) in [5.74, 6) is -0.500. The second-order valence-corrected chi connectivity index (χ2v) is 4.88. The van der Waals surface area contributed by atoms with Crippen molar-refractivity contribution < 1.29 is 23.8 Å². The molecular formula is C16H21NO5. The second-order valence-electron chi connectivity index (χ2n) is 4.88. The fraction of sp³-hybridized carbons (Fsp3) is 0.500. The minimum Gasteiger partial charge on any atom is -0.385 e. The first kappa shape index (κ1) is 16.6. The topological polar surface area (TPSA) is 65.1 Å². The van der Waals surface area contributed by atoms with Gasteiger partial charge in [-0.2, -0.15) is 0 Å². The molecule has 0 saturated carbocycles. The maximum Gasteiger partial charge on any atom is 0.261 e. The Kier molecular flexibility index (Phi) is 6.51. The van der Waals surface area contributed by atoms with E-state index < -0.39 is 0 Å². The van der Waals surface area contributed by atoms with E-state index in [9.17, 15) is 9.59 Å². The molecule has 1 heterocycles. The zero-order valence-electron chi connectivity index (χ0n) is 12.7. The molecule has 0 atom stereocenters. The number of rotatable bonds is 10. The molecular weight excluding hydrogens is 286 g/mol. The molecule has 22 heavy (non-hydrogen) atoms. The second kappa shape index (κ2) is 8.63. The number of hydrogen-bond donors (Lipinski definition) is 0. The lowest BCUT2D eigenvalue weighted by molar-refractivity contribution is 0.0309. The molecule has 120 valence electrons. The van der Waals surface area contributed by atoms with Crippen LogP contribution in [0, 0.1) is 0 Å². The van der Waals surface area contributed by atoms with Crippen LogP contribution in [-0.4, -0.2) is 63.4 Å². The third-order valence-corrected chi connectivity index (χ3v) is 3.35. The Hall–Kier alpha value is -1.76. The third kappa shape index (κ3) is 4.13. The van der Waals surface area contributed by atoms with Gasteiger partial charge in [0.25, 0.3) is 11.8 Å². The van der Waals surface area contributed by atoms with Crippen molar-refractivity contribution in [1.82, 2.24) is 4.90 Å². The van der Waals surface area contributed by atoms with E-state index in [1.807, 2.05) is 0 Å². The van der Waals surface area contributed by atoms with Gasteiger partial charge in [0.2, 0.25) is 0 Å². The fourth-order valence-electron chi connectivity index (χ4n) is 2.23. The summed E-state index contributed by atoms with van der Waals surface area (Å²) in [6, 6.07) is 6.85. The summed E-state index contributed by atoms with van der Waals surface area (Å²) in [7, 11) is 1.66. The molecule has 2 rings (SSSR count). The Bertz CT molecular complexity index is 482. The van der Waals surface area contributed by atoms with Gasteiger partial charge in [0, 0.05) is 20.3 Å². The number of nitrogens with zero attached hydrogens (tertiary/aromatic N) is 1. The molecule has 0 bridgehead atoms. The summed E-state index contributed by atoms with van der Waals surface area (Å²) >= 11 is 0. The monoisotopic (exact) mass is 307 g/mol. The smallest absolute Gasteiger partial charge is 0.261 e. The lowest BCUT2D eigenvalue weighted by Crippen LogP contribution is -2.33. The van der Waals surface area contributed by atoms with Crippen LogP contribution in [0.5, 0.6) is 0 Å². The highest BCUT2D eigenvalue weighted by Gasteiger charge is 2.34. The first-order chi connectivity index (χ1) is 10.8. The van der Waals surface area contributed by atoms with Crippen LogP contribution in [0.1, 0.15) is 27.1 Å². The molecule has 1 aromatic rings. The number of hydrogen-bond acceptors (Lipinski definition) is 5. The van der Waals surface area contributed by atoms with E-state index in [1.165, 1.54) is 4.90 Å². The average Bonchev–Trinajstić information content (AvgIpc) is 2.78. The average molecular weight is 307 g/mol. The highest BCUT2D eigenvalue weighted by Crippen LogP contribution is 2.21. The SMILES string of the molecule is COCCCOCCOCCN1C(=O)c2ccccc2C1=O. The van der Waals surface area contributed by atoms with E-state index in [2.05, 4.69) is 0 Å². The van der Waals surface area contributed by atoms with Gasteiger partial charge in [0.05, 0.1) is 37.5 Å². The van der Waals surface area contributed by atoms with Crippen LogP contribution in [0.25, 0.3) is 0 Å². The predicted octanol–water partition coefficient (Wildman–Crippen LogP) is 1.35. The van der Waals surface area contributed by atoms with E-state index in [0.717, 1.165) is 6.42 Å². The molecule has 2 amide bonds. The maximum absolute atomic E-state index is 12.1. The van der Waals surface area contributed by atoms with Crippen molar-refractivity contribution in [3.05, 3.63) is 35.4 Å². The van der Waals surface area contributed by atoms with E-state index >= 15 is 0 Å². The third-order valence-electron chi connectivity index (χ3n) is 3.35. The minimum atomic E-state index is -0.250. The molecule has 1 aromatic carbocycles. The number of carbonyl (C=O) groups is 2. The number of carbonyl (C=O) groups excluding carboxylic acids is 2. The molecule has 0 fully saturated rings. The first-order valence-electron chi connectivity index (χ1n) is 7.35. The predicted molar refractivity (Wildman–Crippen MR) is 79.9 cm³/mol. The van der Waals surface area contributed by atoms with Crippen LogP contribution in [0.2, 0.25) is 0 Å². The Morgan fingerprint density at radius 3 is 2.05 bits per heavy atom. The quantitative estimate of drug-likeness (QED) is 0.482. The maximum atomic E-state index is 12.1. The molecule has 6 nitrogen and oxygen atoms in total. The van der Waals surface area contributed by atoms with Crippen LogP contribution in [-0.2, 0) is 14.2 Å². The van der Waals surface area contributed by atoms with Crippen LogP contribution in [0.4, 0.5) is 0 Å². The summed E-state index contributed by atoms with van der Waals surface area (Å²) in [6.45, 7) is 2.82. The van der Waals surface area contributed by atoms with Gasteiger partial charge in [-0.15, -0.1) is 0 Å². The van der Waals surface area contributed by atoms with Crippen molar-refractivity contribution in [3.63, 3.8) is 0 Å². The normalized spacial score (nSPS) is 13.8.